The molecule has 0 spiro atoms. The second kappa shape index (κ2) is 7.14. The molecule has 1 heterocycles. The van der Waals surface area contributed by atoms with Crippen molar-refractivity contribution in [2.45, 2.75) is 31.8 Å². The van der Waals surface area contributed by atoms with E-state index in [4.69, 9.17) is 16.3 Å². The lowest BCUT2D eigenvalue weighted by molar-refractivity contribution is -0.111. The number of nitrogens with one attached hydrogen (secondary N) is 1. The monoisotopic (exact) mass is 369 g/mol. The third-order valence-corrected chi connectivity index (χ3v) is 5.18. The molecule has 0 fully saturated rings. The molecule has 0 saturated heterocycles. The predicted molar refractivity (Wildman–Crippen MR) is 103 cm³/mol. The number of amides is 1. The van der Waals surface area contributed by atoms with E-state index in [1.807, 2.05) is 18.2 Å². The molecule has 2 aromatic rings. The van der Waals surface area contributed by atoms with Crippen LogP contribution < -0.4 is 10.1 Å². The van der Waals surface area contributed by atoms with Crippen molar-refractivity contribution >= 4 is 28.8 Å². The van der Waals surface area contributed by atoms with Gasteiger partial charge in [-0.1, -0.05) is 23.7 Å². The van der Waals surface area contributed by atoms with Crippen molar-refractivity contribution < 1.29 is 14.6 Å². The fraction of sp³-hybridized carbons (Fsp3) is 0.286. The Balaban J connectivity index is 1.58. The van der Waals surface area contributed by atoms with Gasteiger partial charge in [0.1, 0.15) is 5.75 Å². The highest BCUT2D eigenvalue weighted by Crippen LogP contribution is 2.35. The summed E-state index contributed by atoms with van der Waals surface area (Å²) in [6, 6.07) is 11.4. The minimum atomic E-state index is -0.342. The SMILES string of the molecule is O=C(/C=C1\CCOc2cc(Cl)ccc21)Nc1cccc2c1CC(O)CC2. The van der Waals surface area contributed by atoms with Crippen molar-refractivity contribution in [3.8, 4) is 5.75 Å². The zero-order valence-corrected chi connectivity index (χ0v) is 15.1. The summed E-state index contributed by atoms with van der Waals surface area (Å²) in [6.45, 7) is 0.527. The van der Waals surface area contributed by atoms with Crippen molar-refractivity contribution in [1.82, 2.24) is 0 Å². The van der Waals surface area contributed by atoms with Gasteiger partial charge >= 0.3 is 0 Å². The summed E-state index contributed by atoms with van der Waals surface area (Å²) in [6.07, 6.45) is 4.16. The molecule has 134 valence electrons. The van der Waals surface area contributed by atoms with E-state index in [0.29, 0.717) is 30.2 Å². The summed E-state index contributed by atoms with van der Waals surface area (Å²) in [4.78, 5) is 12.6. The van der Waals surface area contributed by atoms with Gasteiger partial charge in [0.2, 0.25) is 5.91 Å². The number of hydrogen-bond donors (Lipinski definition) is 2. The lowest BCUT2D eigenvalue weighted by Gasteiger charge is -2.23. The second-order valence-electron chi connectivity index (χ2n) is 6.74. The van der Waals surface area contributed by atoms with Crippen LogP contribution in [-0.4, -0.2) is 23.7 Å². The van der Waals surface area contributed by atoms with Gasteiger partial charge in [-0.05, 0) is 53.8 Å². The van der Waals surface area contributed by atoms with E-state index < -0.39 is 0 Å². The van der Waals surface area contributed by atoms with Crippen LogP contribution in [0.1, 0.15) is 29.5 Å². The van der Waals surface area contributed by atoms with E-state index in [-0.39, 0.29) is 12.0 Å². The minimum absolute atomic E-state index is 0.170. The number of rotatable bonds is 2. The van der Waals surface area contributed by atoms with Crippen LogP contribution in [0.3, 0.4) is 0 Å². The van der Waals surface area contributed by atoms with Gasteiger partial charge in [-0.25, -0.2) is 0 Å². The maximum atomic E-state index is 12.6. The van der Waals surface area contributed by atoms with Gasteiger partial charge < -0.3 is 15.2 Å². The number of aryl methyl sites for hydroxylation is 1. The van der Waals surface area contributed by atoms with Gasteiger partial charge in [-0.3, -0.25) is 4.79 Å². The Kier molecular flexibility index (Phi) is 4.70. The Morgan fingerprint density at radius 1 is 1.27 bits per heavy atom. The fourth-order valence-electron chi connectivity index (χ4n) is 3.65. The van der Waals surface area contributed by atoms with Crippen molar-refractivity contribution in [1.29, 1.82) is 0 Å². The van der Waals surface area contributed by atoms with Crippen molar-refractivity contribution in [2.24, 2.45) is 0 Å². The highest BCUT2D eigenvalue weighted by Gasteiger charge is 2.20. The third kappa shape index (κ3) is 3.48. The van der Waals surface area contributed by atoms with Gasteiger partial charge in [0.25, 0.3) is 0 Å². The van der Waals surface area contributed by atoms with Gasteiger partial charge in [0.05, 0.1) is 12.7 Å². The van der Waals surface area contributed by atoms with E-state index in [1.165, 1.54) is 5.56 Å². The Hall–Kier alpha value is -2.30. The molecule has 1 atom stereocenters. The average Bonchev–Trinajstić information content (AvgIpc) is 2.62. The Morgan fingerprint density at radius 2 is 2.15 bits per heavy atom. The lowest BCUT2D eigenvalue weighted by Crippen LogP contribution is -2.21. The zero-order valence-electron chi connectivity index (χ0n) is 14.3. The minimum Gasteiger partial charge on any atom is -0.493 e. The quantitative estimate of drug-likeness (QED) is 0.787. The van der Waals surface area contributed by atoms with Gasteiger partial charge in [-0.15, -0.1) is 0 Å². The second-order valence-corrected chi connectivity index (χ2v) is 7.17. The number of ether oxygens (including phenoxy) is 1. The predicted octanol–water partition coefficient (Wildman–Crippen LogP) is 3.99. The molecule has 0 radical (unpaired) electrons. The maximum absolute atomic E-state index is 12.6. The Morgan fingerprint density at radius 3 is 3.04 bits per heavy atom. The number of anilines is 1. The largest absolute Gasteiger partial charge is 0.493 e. The number of aliphatic hydroxyl groups is 1. The van der Waals surface area contributed by atoms with Crippen LogP contribution >= 0.6 is 11.6 Å². The summed E-state index contributed by atoms with van der Waals surface area (Å²) >= 11 is 6.02. The van der Waals surface area contributed by atoms with E-state index in [2.05, 4.69) is 11.4 Å². The Bertz CT molecular complexity index is 891. The van der Waals surface area contributed by atoms with Crippen LogP contribution in [0, 0.1) is 0 Å². The first-order chi connectivity index (χ1) is 12.6. The summed E-state index contributed by atoms with van der Waals surface area (Å²) in [7, 11) is 0. The molecule has 26 heavy (non-hydrogen) atoms. The summed E-state index contributed by atoms with van der Waals surface area (Å²) in [5.74, 6) is 0.541. The molecule has 1 unspecified atom stereocenters. The normalized spacial score (nSPS) is 20.1. The molecule has 4 rings (SSSR count). The summed E-state index contributed by atoms with van der Waals surface area (Å²) in [5, 5.41) is 13.6. The molecule has 5 heteroatoms. The molecular formula is C21H20ClNO3. The first-order valence-electron chi connectivity index (χ1n) is 8.83. The maximum Gasteiger partial charge on any atom is 0.248 e. The number of hydrogen-bond acceptors (Lipinski definition) is 3. The Labute approximate surface area is 157 Å². The van der Waals surface area contributed by atoms with E-state index in [9.17, 15) is 9.90 Å². The van der Waals surface area contributed by atoms with Crippen LogP contribution in [0.2, 0.25) is 5.02 Å². The molecule has 2 aliphatic rings. The first kappa shape index (κ1) is 17.1. The van der Waals surface area contributed by atoms with Crippen LogP contribution in [0.4, 0.5) is 5.69 Å². The van der Waals surface area contributed by atoms with Gasteiger partial charge in [-0.2, -0.15) is 0 Å². The number of benzene rings is 2. The molecule has 1 amide bonds. The lowest BCUT2D eigenvalue weighted by atomic mass is 9.88. The number of aliphatic hydroxyl groups excluding tert-OH is 1. The zero-order chi connectivity index (χ0) is 18.1. The van der Waals surface area contributed by atoms with Crippen LogP contribution in [0.25, 0.3) is 5.57 Å². The van der Waals surface area contributed by atoms with Crippen LogP contribution in [0.15, 0.2) is 42.5 Å². The number of carbonyl (C=O) groups is 1. The van der Waals surface area contributed by atoms with E-state index in [1.54, 1.807) is 18.2 Å². The smallest absolute Gasteiger partial charge is 0.248 e. The molecule has 2 N–H and O–H groups in total. The van der Waals surface area contributed by atoms with Crippen molar-refractivity contribution in [3.05, 3.63) is 64.2 Å². The number of halogens is 1. The summed E-state index contributed by atoms with van der Waals surface area (Å²) < 4.78 is 5.64. The van der Waals surface area contributed by atoms with E-state index >= 15 is 0 Å². The molecule has 0 aromatic heterocycles. The third-order valence-electron chi connectivity index (χ3n) is 4.94. The van der Waals surface area contributed by atoms with Crippen molar-refractivity contribution in [2.75, 3.05) is 11.9 Å². The molecule has 0 saturated carbocycles. The molecule has 0 bridgehead atoms. The molecule has 1 aliphatic carbocycles. The molecule has 2 aromatic carbocycles. The van der Waals surface area contributed by atoms with Crippen LogP contribution in [0.5, 0.6) is 5.75 Å². The van der Waals surface area contributed by atoms with E-state index in [0.717, 1.165) is 35.2 Å². The summed E-state index contributed by atoms with van der Waals surface area (Å²) in [5.41, 5.74) is 4.86. The highest BCUT2D eigenvalue weighted by atomic mass is 35.5. The number of fused-ring (bicyclic) bond motifs is 2. The highest BCUT2D eigenvalue weighted by molar-refractivity contribution is 6.30. The topological polar surface area (TPSA) is 58.6 Å². The van der Waals surface area contributed by atoms with Gasteiger partial charge in [0, 0.05) is 35.2 Å². The molecular weight excluding hydrogens is 350 g/mol. The molecule has 1 aliphatic heterocycles. The standard InChI is InChI=1S/C21H20ClNO3/c22-15-5-7-17-14(8-9-26-20(17)11-15)10-21(25)23-19-3-1-2-13-4-6-16(24)12-18(13)19/h1-3,5,7,10-11,16,24H,4,6,8-9,12H2,(H,23,25)/b14-10+. The first-order valence-corrected chi connectivity index (χ1v) is 9.21. The number of carbonyl (C=O) groups excluding carboxylic acids is 1. The molecule has 4 nitrogen and oxygen atoms in total. The van der Waals surface area contributed by atoms with Gasteiger partial charge in [0.15, 0.2) is 0 Å². The fourth-order valence-corrected chi connectivity index (χ4v) is 3.81. The van der Waals surface area contributed by atoms with Crippen molar-refractivity contribution in [3.63, 3.8) is 0 Å². The van der Waals surface area contributed by atoms with Crippen LogP contribution in [-0.2, 0) is 17.6 Å². The average molecular weight is 370 g/mol.